The van der Waals surface area contributed by atoms with Crippen molar-refractivity contribution in [2.45, 2.75) is 51.4 Å². The maximum absolute atomic E-state index is 14.2. The van der Waals surface area contributed by atoms with Crippen molar-refractivity contribution in [2.75, 3.05) is 39.3 Å². The number of para-hydroxylation sites is 1. The second-order valence-corrected chi connectivity index (χ2v) is 10.6. The molecule has 2 aromatic carbocycles. The third kappa shape index (κ3) is 5.63. The van der Waals surface area contributed by atoms with Gasteiger partial charge in [-0.2, -0.15) is 0 Å². The molecule has 5 heteroatoms. The van der Waals surface area contributed by atoms with Crippen LogP contribution in [-0.2, 0) is 6.42 Å². The minimum Gasteiger partial charge on any atom is -0.492 e. The summed E-state index contributed by atoms with van der Waals surface area (Å²) in [5.74, 6) is 1.29. The Bertz CT molecular complexity index is 982. The molecule has 34 heavy (non-hydrogen) atoms. The summed E-state index contributed by atoms with van der Waals surface area (Å²) in [5, 5.41) is 0. The van der Waals surface area contributed by atoms with Crippen molar-refractivity contribution in [1.29, 1.82) is 0 Å². The fraction of sp³-hybridized carbons (Fsp3) is 0.552. The molecule has 2 fully saturated rings. The number of aryl methyl sites for hydroxylation is 1. The van der Waals surface area contributed by atoms with Gasteiger partial charge in [-0.3, -0.25) is 9.69 Å². The Kier molecular flexibility index (Phi) is 7.19. The van der Waals surface area contributed by atoms with E-state index in [2.05, 4.69) is 29.2 Å². The number of carbonyl (C=O) groups is 1. The predicted octanol–water partition coefficient (Wildman–Crippen LogP) is 5.57. The Labute approximate surface area is 203 Å². The summed E-state index contributed by atoms with van der Waals surface area (Å²) >= 11 is 0. The normalized spacial score (nSPS) is 21.7. The third-order valence-corrected chi connectivity index (χ3v) is 8.03. The van der Waals surface area contributed by atoms with Gasteiger partial charge in [-0.05, 0) is 80.0 Å². The average molecular weight is 465 g/mol. The van der Waals surface area contributed by atoms with E-state index in [0.717, 1.165) is 63.6 Å². The van der Waals surface area contributed by atoms with Crippen LogP contribution < -0.4 is 4.74 Å². The summed E-state index contributed by atoms with van der Waals surface area (Å²) in [5.41, 5.74) is 1.74. The van der Waals surface area contributed by atoms with Gasteiger partial charge in [0.1, 0.15) is 18.2 Å². The molecule has 1 saturated carbocycles. The van der Waals surface area contributed by atoms with E-state index in [1.807, 2.05) is 4.90 Å². The number of piperidine rings is 1. The van der Waals surface area contributed by atoms with Crippen molar-refractivity contribution < 1.29 is 13.9 Å². The smallest absolute Gasteiger partial charge is 0.256 e. The van der Waals surface area contributed by atoms with E-state index in [4.69, 9.17) is 4.74 Å². The van der Waals surface area contributed by atoms with Crippen LogP contribution >= 0.6 is 0 Å². The van der Waals surface area contributed by atoms with Crippen molar-refractivity contribution in [3.8, 4) is 5.75 Å². The molecule has 1 aliphatic carbocycles. The topological polar surface area (TPSA) is 32.8 Å². The number of rotatable bonds is 3. The molecule has 0 aromatic heterocycles. The molecular formula is C29H37FN2O2. The zero-order valence-electron chi connectivity index (χ0n) is 20.2. The van der Waals surface area contributed by atoms with Crippen LogP contribution in [0.1, 0.15) is 60.9 Å². The molecule has 182 valence electrons. The van der Waals surface area contributed by atoms with Crippen LogP contribution in [0.4, 0.5) is 4.39 Å². The number of hydrogen-bond acceptors (Lipinski definition) is 3. The monoisotopic (exact) mass is 464 g/mol. The fourth-order valence-corrected chi connectivity index (χ4v) is 5.80. The van der Waals surface area contributed by atoms with Crippen LogP contribution in [0.5, 0.6) is 5.75 Å². The lowest BCUT2D eigenvalue weighted by atomic mass is 9.73. The zero-order chi connectivity index (χ0) is 23.4. The van der Waals surface area contributed by atoms with Crippen LogP contribution in [0.3, 0.4) is 0 Å². The van der Waals surface area contributed by atoms with Gasteiger partial charge in [0.15, 0.2) is 0 Å². The zero-order valence-corrected chi connectivity index (χ0v) is 20.2. The van der Waals surface area contributed by atoms with Crippen molar-refractivity contribution in [1.82, 2.24) is 9.80 Å². The van der Waals surface area contributed by atoms with Gasteiger partial charge in [0.05, 0.1) is 5.56 Å². The van der Waals surface area contributed by atoms with Crippen LogP contribution in [0.2, 0.25) is 0 Å². The number of fused-ring (bicyclic) bond motifs is 1. The standard InChI is InChI=1S/C29H37FN2O2/c30-26-10-3-2-9-25(26)28(33)32-17-15-29(16-18-32)14-6-5-8-24-7-1-4-11-27(24)34-20-19-31(22-29)21-23-12-13-23/h1-4,7,9-11,23H,5-6,8,12-22H2. The number of benzene rings is 2. The molecule has 0 bridgehead atoms. The molecule has 2 aliphatic heterocycles. The molecule has 1 amide bonds. The predicted molar refractivity (Wildman–Crippen MR) is 133 cm³/mol. The number of ether oxygens (including phenoxy) is 1. The van der Waals surface area contributed by atoms with E-state index >= 15 is 0 Å². The van der Waals surface area contributed by atoms with E-state index in [0.29, 0.717) is 13.1 Å². The quantitative estimate of drug-likeness (QED) is 0.596. The van der Waals surface area contributed by atoms with Crippen LogP contribution in [0.15, 0.2) is 48.5 Å². The summed E-state index contributed by atoms with van der Waals surface area (Å²) in [4.78, 5) is 17.5. The van der Waals surface area contributed by atoms with Gasteiger partial charge in [0.25, 0.3) is 5.91 Å². The highest BCUT2D eigenvalue weighted by Gasteiger charge is 2.38. The highest BCUT2D eigenvalue weighted by Crippen LogP contribution is 2.40. The van der Waals surface area contributed by atoms with E-state index in [-0.39, 0.29) is 16.9 Å². The van der Waals surface area contributed by atoms with E-state index in [1.54, 1.807) is 18.2 Å². The molecule has 3 aliphatic rings. The number of halogens is 1. The molecule has 0 N–H and O–H groups in total. The van der Waals surface area contributed by atoms with Gasteiger partial charge in [-0.15, -0.1) is 0 Å². The number of likely N-dealkylation sites (tertiary alicyclic amines) is 1. The maximum Gasteiger partial charge on any atom is 0.256 e. The molecule has 1 saturated heterocycles. The summed E-state index contributed by atoms with van der Waals surface area (Å²) < 4.78 is 20.5. The molecule has 0 atom stereocenters. The largest absolute Gasteiger partial charge is 0.492 e. The van der Waals surface area contributed by atoms with Crippen molar-refractivity contribution in [2.24, 2.45) is 11.3 Å². The number of nitrogens with zero attached hydrogens (tertiary/aromatic N) is 2. The van der Waals surface area contributed by atoms with Crippen LogP contribution in [-0.4, -0.2) is 55.0 Å². The fourth-order valence-electron chi connectivity index (χ4n) is 5.80. The lowest BCUT2D eigenvalue weighted by Crippen LogP contribution is -2.49. The molecule has 2 heterocycles. The minimum atomic E-state index is -0.422. The Morgan fingerprint density at radius 2 is 1.74 bits per heavy atom. The van der Waals surface area contributed by atoms with Gasteiger partial charge in [-0.25, -0.2) is 4.39 Å². The van der Waals surface area contributed by atoms with E-state index in [9.17, 15) is 9.18 Å². The van der Waals surface area contributed by atoms with Crippen LogP contribution in [0, 0.1) is 17.2 Å². The number of amides is 1. The molecule has 2 aromatic rings. The van der Waals surface area contributed by atoms with Gasteiger partial charge >= 0.3 is 0 Å². The maximum atomic E-state index is 14.2. The van der Waals surface area contributed by atoms with Gasteiger partial charge < -0.3 is 9.64 Å². The lowest BCUT2D eigenvalue weighted by Gasteiger charge is -2.45. The van der Waals surface area contributed by atoms with Crippen molar-refractivity contribution in [3.63, 3.8) is 0 Å². The molecule has 1 spiro atoms. The first-order valence-corrected chi connectivity index (χ1v) is 13.1. The van der Waals surface area contributed by atoms with Crippen molar-refractivity contribution >= 4 is 5.91 Å². The molecular weight excluding hydrogens is 427 g/mol. The van der Waals surface area contributed by atoms with Crippen LogP contribution in [0.25, 0.3) is 0 Å². The SMILES string of the molecule is O=C(c1ccccc1F)N1CCC2(CCCCc3ccccc3OCCN(CC3CC3)C2)CC1. The summed E-state index contributed by atoms with van der Waals surface area (Å²) in [6, 6.07) is 14.8. The number of hydrogen-bond donors (Lipinski definition) is 0. The number of carbonyl (C=O) groups excluding carboxylic acids is 1. The first-order valence-electron chi connectivity index (χ1n) is 13.1. The summed E-state index contributed by atoms with van der Waals surface area (Å²) in [6.45, 7) is 5.33. The Hall–Kier alpha value is -2.40. The van der Waals surface area contributed by atoms with Gasteiger partial charge in [0, 0.05) is 32.7 Å². The Morgan fingerprint density at radius 3 is 2.53 bits per heavy atom. The lowest BCUT2D eigenvalue weighted by molar-refractivity contribution is 0.0366. The van der Waals surface area contributed by atoms with Gasteiger partial charge in [-0.1, -0.05) is 36.8 Å². The Balaban J connectivity index is 1.29. The first kappa shape index (κ1) is 23.3. The first-order chi connectivity index (χ1) is 16.6. The molecule has 4 nitrogen and oxygen atoms in total. The molecule has 0 unspecified atom stereocenters. The summed E-state index contributed by atoms with van der Waals surface area (Å²) in [7, 11) is 0. The second kappa shape index (κ2) is 10.5. The highest BCUT2D eigenvalue weighted by atomic mass is 19.1. The highest BCUT2D eigenvalue weighted by molar-refractivity contribution is 5.94. The average Bonchev–Trinajstić information content (AvgIpc) is 3.66. The Morgan fingerprint density at radius 1 is 0.971 bits per heavy atom. The van der Waals surface area contributed by atoms with E-state index in [1.165, 1.54) is 37.3 Å². The summed E-state index contributed by atoms with van der Waals surface area (Å²) in [6.07, 6.45) is 9.26. The third-order valence-electron chi connectivity index (χ3n) is 8.03. The van der Waals surface area contributed by atoms with Crippen molar-refractivity contribution in [3.05, 3.63) is 65.5 Å². The molecule has 0 radical (unpaired) electrons. The van der Waals surface area contributed by atoms with Gasteiger partial charge in [0.2, 0.25) is 0 Å². The minimum absolute atomic E-state index is 0.166. The molecule has 5 rings (SSSR count). The van der Waals surface area contributed by atoms with E-state index < -0.39 is 5.82 Å². The second-order valence-electron chi connectivity index (χ2n) is 10.6.